The standard InChI is InChI=1S/C10H14O.C8H12O/c1-3-4-5-6-7-8-9-10(2)11;1-3-4-5-6-7-8(2)9/h4-9H,3H2,1-2H3;4-7H,3H2,1-2H3/b5-4+,7-6+,9-8+;5-4+,7-6+. The minimum Gasteiger partial charge on any atom is -0.295 e. The van der Waals surface area contributed by atoms with Gasteiger partial charge in [-0.15, -0.1) is 0 Å². The summed E-state index contributed by atoms with van der Waals surface area (Å²) in [7, 11) is 0. The quantitative estimate of drug-likeness (QED) is 0.496. The van der Waals surface area contributed by atoms with Crippen LogP contribution in [0.5, 0.6) is 0 Å². The predicted molar refractivity (Wildman–Crippen MR) is 87.6 cm³/mol. The van der Waals surface area contributed by atoms with E-state index in [2.05, 4.69) is 19.9 Å². The fourth-order valence-corrected chi connectivity index (χ4v) is 0.940. The lowest BCUT2D eigenvalue weighted by Gasteiger charge is -1.75. The molecule has 0 atom stereocenters. The number of hydrogen-bond donors (Lipinski definition) is 0. The van der Waals surface area contributed by atoms with Gasteiger partial charge in [0.15, 0.2) is 11.6 Å². The van der Waals surface area contributed by atoms with Crippen molar-refractivity contribution >= 4 is 11.6 Å². The Balaban J connectivity index is 0. The first-order valence-corrected chi connectivity index (χ1v) is 6.88. The zero-order chi connectivity index (χ0) is 15.6. The van der Waals surface area contributed by atoms with Crippen molar-refractivity contribution in [3.63, 3.8) is 0 Å². The van der Waals surface area contributed by atoms with Gasteiger partial charge in [-0.1, -0.05) is 62.5 Å². The van der Waals surface area contributed by atoms with Crippen LogP contribution in [0.2, 0.25) is 0 Å². The Bertz CT molecular complexity index is 394. The van der Waals surface area contributed by atoms with Crippen LogP contribution < -0.4 is 0 Å². The second kappa shape index (κ2) is 17.0. The van der Waals surface area contributed by atoms with Crippen LogP contribution in [-0.4, -0.2) is 11.6 Å². The molecule has 0 aromatic rings. The molecule has 2 heteroatoms. The second-order valence-corrected chi connectivity index (χ2v) is 4.00. The Morgan fingerprint density at radius 3 is 1.40 bits per heavy atom. The highest BCUT2D eigenvalue weighted by Crippen LogP contribution is 1.83. The van der Waals surface area contributed by atoms with Gasteiger partial charge < -0.3 is 0 Å². The first-order chi connectivity index (χ1) is 9.54. The first kappa shape index (κ1) is 20.4. The van der Waals surface area contributed by atoms with Crippen LogP contribution in [0.3, 0.4) is 0 Å². The van der Waals surface area contributed by atoms with Gasteiger partial charge >= 0.3 is 0 Å². The third-order valence-electron chi connectivity index (χ3n) is 1.85. The lowest BCUT2D eigenvalue weighted by atomic mass is 10.3. The molecule has 110 valence electrons. The fourth-order valence-electron chi connectivity index (χ4n) is 0.940. The van der Waals surface area contributed by atoms with Crippen LogP contribution >= 0.6 is 0 Å². The van der Waals surface area contributed by atoms with Crippen molar-refractivity contribution in [2.24, 2.45) is 0 Å². The smallest absolute Gasteiger partial charge is 0.152 e. The maximum absolute atomic E-state index is 10.4. The maximum atomic E-state index is 10.4. The van der Waals surface area contributed by atoms with Crippen LogP contribution in [0.1, 0.15) is 40.5 Å². The van der Waals surface area contributed by atoms with E-state index in [1.165, 1.54) is 19.9 Å². The average molecular weight is 274 g/mol. The normalized spacial score (nSPS) is 11.8. The van der Waals surface area contributed by atoms with Crippen LogP contribution in [0.25, 0.3) is 0 Å². The molecular weight excluding hydrogens is 248 g/mol. The topological polar surface area (TPSA) is 34.1 Å². The van der Waals surface area contributed by atoms with Gasteiger partial charge in [0, 0.05) is 0 Å². The highest BCUT2D eigenvalue weighted by Gasteiger charge is 1.76. The van der Waals surface area contributed by atoms with Crippen molar-refractivity contribution in [3.05, 3.63) is 60.8 Å². The Morgan fingerprint density at radius 2 is 1.00 bits per heavy atom. The Kier molecular flexibility index (Phi) is 17.3. The Hall–Kier alpha value is -1.96. The summed E-state index contributed by atoms with van der Waals surface area (Å²) in [5.41, 5.74) is 0. The summed E-state index contributed by atoms with van der Waals surface area (Å²) in [6.07, 6.45) is 20.3. The third-order valence-corrected chi connectivity index (χ3v) is 1.85. The van der Waals surface area contributed by atoms with Gasteiger partial charge in [0.1, 0.15) is 0 Å². The van der Waals surface area contributed by atoms with Crippen molar-refractivity contribution in [3.8, 4) is 0 Å². The van der Waals surface area contributed by atoms with Crippen LogP contribution in [0.15, 0.2) is 60.8 Å². The largest absolute Gasteiger partial charge is 0.295 e. The number of allylic oxidation sites excluding steroid dienone is 10. The molecule has 0 saturated heterocycles. The van der Waals surface area contributed by atoms with E-state index in [0.29, 0.717) is 0 Å². The van der Waals surface area contributed by atoms with Gasteiger partial charge in [-0.3, -0.25) is 9.59 Å². The molecule has 0 bridgehead atoms. The highest BCUT2D eigenvalue weighted by atomic mass is 16.1. The zero-order valence-corrected chi connectivity index (χ0v) is 13.0. The lowest BCUT2D eigenvalue weighted by Crippen LogP contribution is -1.77. The molecule has 2 nitrogen and oxygen atoms in total. The summed E-state index contributed by atoms with van der Waals surface area (Å²) < 4.78 is 0. The number of rotatable bonds is 7. The van der Waals surface area contributed by atoms with Crippen molar-refractivity contribution in [1.82, 2.24) is 0 Å². The summed E-state index contributed by atoms with van der Waals surface area (Å²) in [5, 5.41) is 0. The minimum atomic E-state index is 0.0779. The molecule has 0 unspecified atom stereocenters. The van der Waals surface area contributed by atoms with Gasteiger partial charge in [-0.05, 0) is 38.8 Å². The summed E-state index contributed by atoms with van der Waals surface area (Å²) in [6.45, 7) is 7.20. The van der Waals surface area contributed by atoms with Crippen molar-refractivity contribution in [2.45, 2.75) is 40.5 Å². The average Bonchev–Trinajstić information content (AvgIpc) is 2.39. The van der Waals surface area contributed by atoms with E-state index < -0.39 is 0 Å². The van der Waals surface area contributed by atoms with Gasteiger partial charge in [0.05, 0.1) is 0 Å². The lowest BCUT2D eigenvalue weighted by molar-refractivity contribution is -0.113. The maximum Gasteiger partial charge on any atom is 0.152 e. The molecule has 0 aromatic heterocycles. The fraction of sp³-hybridized carbons (Fsp3) is 0.333. The highest BCUT2D eigenvalue weighted by molar-refractivity contribution is 5.87. The van der Waals surface area contributed by atoms with E-state index in [1.54, 1.807) is 18.2 Å². The van der Waals surface area contributed by atoms with Crippen LogP contribution in [-0.2, 0) is 9.59 Å². The van der Waals surface area contributed by atoms with Crippen molar-refractivity contribution in [1.29, 1.82) is 0 Å². The summed E-state index contributed by atoms with van der Waals surface area (Å²) >= 11 is 0. The molecule has 0 fully saturated rings. The number of hydrogen-bond acceptors (Lipinski definition) is 2. The van der Waals surface area contributed by atoms with E-state index in [0.717, 1.165) is 12.8 Å². The molecule has 0 saturated carbocycles. The molecule has 0 aliphatic carbocycles. The molecule has 0 radical (unpaired) electrons. The first-order valence-electron chi connectivity index (χ1n) is 6.88. The second-order valence-electron chi connectivity index (χ2n) is 4.00. The number of carbonyl (C=O) groups excluding carboxylic acids is 2. The Labute approximate surface area is 123 Å². The summed E-state index contributed by atoms with van der Waals surface area (Å²) in [6, 6.07) is 0. The molecule has 0 amide bonds. The van der Waals surface area contributed by atoms with Gasteiger partial charge in [0.25, 0.3) is 0 Å². The molecule has 0 rings (SSSR count). The summed E-state index contributed by atoms with van der Waals surface area (Å²) in [4.78, 5) is 20.7. The summed E-state index contributed by atoms with van der Waals surface area (Å²) in [5.74, 6) is 0.171. The number of ketones is 2. The van der Waals surface area contributed by atoms with Crippen molar-refractivity contribution < 1.29 is 9.59 Å². The molecule has 0 aliphatic heterocycles. The van der Waals surface area contributed by atoms with Crippen LogP contribution in [0.4, 0.5) is 0 Å². The molecular formula is C18H26O2. The van der Waals surface area contributed by atoms with E-state index in [4.69, 9.17) is 0 Å². The molecule has 20 heavy (non-hydrogen) atoms. The van der Waals surface area contributed by atoms with Crippen LogP contribution in [0, 0.1) is 0 Å². The van der Waals surface area contributed by atoms with Gasteiger partial charge in [0.2, 0.25) is 0 Å². The molecule has 0 N–H and O–H groups in total. The number of carbonyl (C=O) groups is 2. The predicted octanol–water partition coefficient (Wildman–Crippen LogP) is 4.75. The zero-order valence-electron chi connectivity index (χ0n) is 13.0. The molecule has 0 spiro atoms. The molecule has 0 aliphatic rings. The minimum absolute atomic E-state index is 0.0779. The van der Waals surface area contributed by atoms with E-state index >= 15 is 0 Å². The van der Waals surface area contributed by atoms with E-state index in [1.807, 2.05) is 30.4 Å². The molecule has 0 heterocycles. The van der Waals surface area contributed by atoms with Gasteiger partial charge in [-0.2, -0.15) is 0 Å². The monoisotopic (exact) mass is 274 g/mol. The van der Waals surface area contributed by atoms with E-state index in [9.17, 15) is 9.59 Å². The Morgan fingerprint density at radius 1 is 0.650 bits per heavy atom. The van der Waals surface area contributed by atoms with Gasteiger partial charge in [-0.25, -0.2) is 0 Å². The third kappa shape index (κ3) is 25.0. The van der Waals surface area contributed by atoms with Crippen molar-refractivity contribution in [2.75, 3.05) is 0 Å². The van der Waals surface area contributed by atoms with E-state index in [-0.39, 0.29) is 11.6 Å². The SMILES string of the molecule is CC/C=C/C=C/C(C)=O.CC/C=C/C=C/C=C/C(C)=O. The molecule has 0 aromatic carbocycles.